The van der Waals surface area contributed by atoms with Crippen molar-refractivity contribution in [3.05, 3.63) is 18.2 Å². The average Bonchev–Trinajstić information content (AvgIpc) is 3.11. The Hall–Kier alpha value is -1.37. The van der Waals surface area contributed by atoms with Crippen molar-refractivity contribution in [3.8, 4) is 5.75 Å². The van der Waals surface area contributed by atoms with Crippen LogP contribution in [0.3, 0.4) is 0 Å². The Morgan fingerprint density at radius 2 is 2.32 bits per heavy atom. The molecule has 2 atom stereocenters. The first-order chi connectivity index (χ1) is 10.2. The van der Waals surface area contributed by atoms with E-state index >= 15 is 0 Å². The van der Waals surface area contributed by atoms with Gasteiger partial charge in [-0.2, -0.15) is 0 Å². The summed E-state index contributed by atoms with van der Waals surface area (Å²) in [5, 5.41) is 3.59. The summed E-state index contributed by atoms with van der Waals surface area (Å²) in [6.45, 7) is 0.579. The van der Waals surface area contributed by atoms with Crippen LogP contribution >= 0.6 is 23.7 Å². The lowest BCUT2D eigenvalue weighted by atomic mass is 9.95. The Morgan fingerprint density at radius 1 is 1.50 bits per heavy atom. The van der Waals surface area contributed by atoms with Gasteiger partial charge >= 0.3 is 0 Å². The van der Waals surface area contributed by atoms with E-state index in [0.717, 1.165) is 35.2 Å². The number of aromatic nitrogens is 1. The van der Waals surface area contributed by atoms with Crippen LogP contribution in [0.25, 0.3) is 10.2 Å². The first-order valence-electron chi connectivity index (χ1n) is 7.16. The number of nitrogens with zero attached hydrogens (tertiary/aromatic N) is 1. The monoisotopic (exact) mass is 341 g/mol. The lowest BCUT2D eigenvalue weighted by molar-refractivity contribution is -0.120. The zero-order chi connectivity index (χ0) is 14.8. The first kappa shape index (κ1) is 17.0. The Balaban J connectivity index is 0.00000176. The van der Waals surface area contributed by atoms with Crippen LogP contribution in [-0.2, 0) is 4.79 Å². The van der Waals surface area contributed by atoms with E-state index in [1.54, 1.807) is 7.11 Å². The van der Waals surface area contributed by atoms with Crippen LogP contribution in [0.2, 0.25) is 0 Å². The number of methoxy groups -OCH3 is 1. The molecule has 3 rings (SSSR count). The van der Waals surface area contributed by atoms with E-state index in [9.17, 15) is 4.79 Å². The summed E-state index contributed by atoms with van der Waals surface area (Å²) >= 11 is 1.47. The Labute approximate surface area is 139 Å². The Kier molecular flexibility index (Phi) is 5.61. The summed E-state index contributed by atoms with van der Waals surface area (Å²) in [6.07, 6.45) is 3.05. The molecule has 1 aliphatic carbocycles. The number of hydrogen-bond donors (Lipinski definition) is 2. The quantitative estimate of drug-likeness (QED) is 0.896. The standard InChI is InChI=1S/C15H19N3O2S.ClH/c1-20-10-5-6-12-13(7-10)21-15(17-12)18-14(19)11-4-2-3-9(11)8-16;/h5-7,9,11H,2-4,8,16H2,1H3,(H,17,18,19);1H/t9-,11-;/m1./s1. The molecule has 1 amide bonds. The lowest BCUT2D eigenvalue weighted by Crippen LogP contribution is -2.29. The summed E-state index contributed by atoms with van der Waals surface area (Å²) < 4.78 is 6.21. The number of hydrogen-bond acceptors (Lipinski definition) is 5. The van der Waals surface area contributed by atoms with Gasteiger partial charge in [-0.05, 0) is 43.5 Å². The highest BCUT2D eigenvalue weighted by Gasteiger charge is 2.32. The molecule has 1 aromatic carbocycles. The number of carbonyl (C=O) groups is 1. The molecule has 1 aromatic heterocycles. The van der Waals surface area contributed by atoms with Crippen LogP contribution in [0.4, 0.5) is 5.13 Å². The molecule has 0 saturated heterocycles. The summed E-state index contributed by atoms with van der Waals surface area (Å²) in [6, 6.07) is 5.70. The van der Waals surface area contributed by atoms with Gasteiger partial charge < -0.3 is 15.8 Å². The predicted octanol–water partition coefficient (Wildman–Crippen LogP) is 3.04. The van der Waals surface area contributed by atoms with Crippen LogP contribution in [0, 0.1) is 11.8 Å². The molecule has 22 heavy (non-hydrogen) atoms. The van der Waals surface area contributed by atoms with E-state index in [0.29, 0.717) is 17.6 Å². The molecule has 1 heterocycles. The van der Waals surface area contributed by atoms with Crippen molar-refractivity contribution in [2.45, 2.75) is 19.3 Å². The van der Waals surface area contributed by atoms with Crippen LogP contribution in [-0.4, -0.2) is 24.5 Å². The molecule has 3 N–H and O–H groups in total. The fourth-order valence-corrected chi connectivity index (χ4v) is 3.84. The average molecular weight is 342 g/mol. The third-order valence-corrected chi connectivity index (χ3v) is 5.06. The summed E-state index contributed by atoms with van der Waals surface area (Å²) in [5.74, 6) is 1.17. The smallest absolute Gasteiger partial charge is 0.229 e. The normalized spacial score (nSPS) is 20.6. The van der Waals surface area contributed by atoms with E-state index < -0.39 is 0 Å². The second-order valence-corrected chi connectivity index (χ2v) is 6.41. The molecule has 0 bridgehead atoms. The van der Waals surface area contributed by atoms with E-state index in [1.807, 2.05) is 18.2 Å². The maximum Gasteiger partial charge on any atom is 0.229 e. The summed E-state index contributed by atoms with van der Waals surface area (Å²) in [7, 11) is 1.64. The second kappa shape index (κ2) is 7.26. The van der Waals surface area contributed by atoms with Gasteiger partial charge in [0.25, 0.3) is 0 Å². The topological polar surface area (TPSA) is 77.2 Å². The molecule has 0 unspecified atom stereocenters. The molecule has 0 aliphatic heterocycles. The van der Waals surface area contributed by atoms with Gasteiger partial charge in [-0.3, -0.25) is 4.79 Å². The number of nitrogens with one attached hydrogen (secondary N) is 1. The number of halogens is 1. The SMILES string of the molecule is COc1ccc2nc(NC(=O)[C@@H]3CCC[C@@H]3CN)sc2c1.Cl. The van der Waals surface area contributed by atoms with Gasteiger partial charge in [-0.1, -0.05) is 17.8 Å². The Bertz CT molecular complexity index is 661. The number of fused-ring (bicyclic) bond motifs is 1. The van der Waals surface area contributed by atoms with E-state index in [2.05, 4.69) is 10.3 Å². The molecule has 1 fully saturated rings. The van der Waals surface area contributed by atoms with Gasteiger partial charge in [-0.15, -0.1) is 12.4 Å². The van der Waals surface area contributed by atoms with Crippen LogP contribution in [0.1, 0.15) is 19.3 Å². The Morgan fingerprint density at radius 3 is 3.05 bits per heavy atom. The maximum atomic E-state index is 12.4. The molecule has 5 nitrogen and oxygen atoms in total. The molecule has 0 spiro atoms. The number of thiazole rings is 1. The van der Waals surface area contributed by atoms with Crippen molar-refractivity contribution in [3.63, 3.8) is 0 Å². The fraction of sp³-hybridized carbons (Fsp3) is 0.467. The minimum atomic E-state index is 0. The zero-order valence-electron chi connectivity index (χ0n) is 12.4. The molecule has 0 radical (unpaired) electrons. The van der Waals surface area contributed by atoms with Crippen molar-refractivity contribution < 1.29 is 9.53 Å². The van der Waals surface area contributed by atoms with Gasteiger partial charge in [0.15, 0.2) is 5.13 Å². The molecule has 2 aromatic rings. The van der Waals surface area contributed by atoms with Gasteiger partial charge in [0, 0.05) is 5.92 Å². The van der Waals surface area contributed by atoms with Crippen molar-refractivity contribution in [1.82, 2.24) is 4.98 Å². The van der Waals surface area contributed by atoms with Crippen molar-refractivity contribution in [2.24, 2.45) is 17.6 Å². The molecule has 1 aliphatic rings. The van der Waals surface area contributed by atoms with Crippen molar-refractivity contribution in [1.29, 1.82) is 0 Å². The molecule has 120 valence electrons. The number of amides is 1. The highest BCUT2D eigenvalue weighted by molar-refractivity contribution is 7.22. The van der Waals surface area contributed by atoms with Gasteiger partial charge in [0.2, 0.25) is 5.91 Å². The minimum Gasteiger partial charge on any atom is -0.497 e. The van der Waals surface area contributed by atoms with Gasteiger partial charge in [-0.25, -0.2) is 4.98 Å². The molecule has 1 saturated carbocycles. The maximum absolute atomic E-state index is 12.4. The summed E-state index contributed by atoms with van der Waals surface area (Å²) in [5.41, 5.74) is 6.61. The van der Waals surface area contributed by atoms with E-state index in [1.165, 1.54) is 11.3 Å². The van der Waals surface area contributed by atoms with Crippen molar-refractivity contribution >= 4 is 45.0 Å². The number of anilines is 1. The predicted molar refractivity (Wildman–Crippen MR) is 91.9 cm³/mol. The zero-order valence-corrected chi connectivity index (χ0v) is 14.0. The number of nitrogens with two attached hydrogens (primary N) is 1. The number of carbonyl (C=O) groups excluding carboxylic acids is 1. The van der Waals surface area contributed by atoms with Gasteiger partial charge in [0.05, 0.1) is 17.3 Å². The van der Waals surface area contributed by atoms with Crippen LogP contribution in [0.5, 0.6) is 5.75 Å². The second-order valence-electron chi connectivity index (χ2n) is 5.38. The van der Waals surface area contributed by atoms with E-state index in [-0.39, 0.29) is 24.2 Å². The highest BCUT2D eigenvalue weighted by atomic mass is 35.5. The molecular weight excluding hydrogens is 322 g/mol. The third kappa shape index (κ3) is 3.34. The van der Waals surface area contributed by atoms with E-state index in [4.69, 9.17) is 10.5 Å². The highest BCUT2D eigenvalue weighted by Crippen LogP contribution is 2.33. The molecular formula is C15H20ClN3O2S. The number of rotatable bonds is 4. The van der Waals surface area contributed by atoms with Gasteiger partial charge in [0.1, 0.15) is 5.75 Å². The van der Waals surface area contributed by atoms with Crippen LogP contribution < -0.4 is 15.8 Å². The summed E-state index contributed by atoms with van der Waals surface area (Å²) in [4.78, 5) is 16.8. The first-order valence-corrected chi connectivity index (χ1v) is 7.98. The van der Waals surface area contributed by atoms with Crippen LogP contribution in [0.15, 0.2) is 18.2 Å². The lowest BCUT2D eigenvalue weighted by Gasteiger charge is -2.16. The minimum absolute atomic E-state index is 0. The third-order valence-electron chi connectivity index (χ3n) is 4.12. The number of ether oxygens (including phenoxy) is 1. The molecule has 7 heteroatoms. The van der Waals surface area contributed by atoms with Crippen molar-refractivity contribution in [2.75, 3.05) is 19.0 Å². The fourth-order valence-electron chi connectivity index (χ4n) is 2.95. The number of benzene rings is 1. The largest absolute Gasteiger partial charge is 0.497 e.